The van der Waals surface area contributed by atoms with E-state index in [0.717, 1.165) is 9.87 Å². The minimum absolute atomic E-state index is 0.0127. The van der Waals surface area contributed by atoms with E-state index in [1.165, 1.54) is 17.0 Å². The number of nitrogens with one attached hydrogen (secondary N) is 1. The minimum atomic E-state index is -4.14. The molecule has 0 aliphatic heterocycles. The number of benzene rings is 3. The number of hydrogen-bond acceptors (Lipinski definition) is 6. The van der Waals surface area contributed by atoms with Gasteiger partial charge in [-0.3, -0.25) is 13.9 Å². The predicted octanol–water partition coefficient (Wildman–Crippen LogP) is 3.84. The molecular weight excluding hydrogens is 518 g/mol. The number of likely N-dealkylation sites (N-methyl/N-ethyl adjacent to an activating group) is 1. The van der Waals surface area contributed by atoms with Crippen LogP contribution in [0.3, 0.4) is 0 Å². The van der Waals surface area contributed by atoms with Gasteiger partial charge in [-0.1, -0.05) is 30.3 Å². The first kappa shape index (κ1) is 29.5. The number of rotatable bonds is 13. The van der Waals surface area contributed by atoms with E-state index in [-0.39, 0.29) is 17.3 Å². The highest BCUT2D eigenvalue weighted by Crippen LogP contribution is 2.26. The third-order valence-corrected chi connectivity index (χ3v) is 7.84. The quantitative estimate of drug-likeness (QED) is 0.345. The summed E-state index contributed by atoms with van der Waals surface area (Å²) in [5.41, 5.74) is 1.06. The van der Waals surface area contributed by atoms with Gasteiger partial charge in [-0.2, -0.15) is 0 Å². The van der Waals surface area contributed by atoms with Gasteiger partial charge in [-0.25, -0.2) is 8.42 Å². The summed E-state index contributed by atoms with van der Waals surface area (Å²) >= 11 is 0. The highest BCUT2D eigenvalue weighted by atomic mass is 32.2. The molecule has 0 spiro atoms. The molecule has 3 aromatic rings. The number of sulfonamides is 1. The molecule has 0 aromatic heterocycles. The van der Waals surface area contributed by atoms with Crippen LogP contribution in [0.4, 0.5) is 5.69 Å². The average Bonchev–Trinajstić information content (AvgIpc) is 2.95. The third kappa shape index (κ3) is 7.51. The zero-order chi connectivity index (χ0) is 28.4. The van der Waals surface area contributed by atoms with Gasteiger partial charge in [0, 0.05) is 13.1 Å². The smallest absolute Gasteiger partial charge is 0.264 e. The average molecular weight is 554 g/mol. The third-order valence-electron chi connectivity index (χ3n) is 6.05. The summed E-state index contributed by atoms with van der Waals surface area (Å²) in [5.74, 6) is 0.276. The fourth-order valence-electron chi connectivity index (χ4n) is 4.00. The maximum atomic E-state index is 13.8. The monoisotopic (exact) mass is 553 g/mol. The lowest BCUT2D eigenvalue weighted by Gasteiger charge is -2.32. The van der Waals surface area contributed by atoms with E-state index >= 15 is 0 Å². The van der Waals surface area contributed by atoms with E-state index in [1.807, 2.05) is 13.0 Å². The second-order valence-corrected chi connectivity index (χ2v) is 10.6. The molecule has 0 bridgehead atoms. The van der Waals surface area contributed by atoms with Gasteiger partial charge in [0.25, 0.3) is 10.0 Å². The van der Waals surface area contributed by atoms with Gasteiger partial charge in [0.2, 0.25) is 11.8 Å². The normalized spacial score (nSPS) is 11.8. The molecule has 2 amide bonds. The summed E-state index contributed by atoms with van der Waals surface area (Å²) in [5, 5.41) is 2.74. The second-order valence-electron chi connectivity index (χ2n) is 8.70. The highest BCUT2D eigenvalue weighted by molar-refractivity contribution is 7.92. The van der Waals surface area contributed by atoms with E-state index in [0.29, 0.717) is 30.3 Å². The van der Waals surface area contributed by atoms with Crippen molar-refractivity contribution in [2.24, 2.45) is 0 Å². The van der Waals surface area contributed by atoms with E-state index < -0.39 is 28.5 Å². The summed E-state index contributed by atoms with van der Waals surface area (Å²) in [6.07, 6.45) is 0. The topological polar surface area (TPSA) is 105 Å². The van der Waals surface area contributed by atoms with Crippen LogP contribution in [-0.4, -0.2) is 58.0 Å². The van der Waals surface area contributed by atoms with Crippen LogP contribution in [-0.2, 0) is 26.2 Å². The van der Waals surface area contributed by atoms with Gasteiger partial charge in [0.1, 0.15) is 24.1 Å². The number of para-hydroxylation sites is 1. The van der Waals surface area contributed by atoms with Crippen molar-refractivity contribution in [2.75, 3.05) is 31.1 Å². The minimum Gasteiger partial charge on any atom is -0.497 e. The Balaban J connectivity index is 1.99. The number of amides is 2. The Kier molecular flexibility index (Phi) is 10.3. The van der Waals surface area contributed by atoms with Crippen LogP contribution in [0.25, 0.3) is 0 Å². The van der Waals surface area contributed by atoms with Gasteiger partial charge in [0.05, 0.1) is 24.3 Å². The van der Waals surface area contributed by atoms with Gasteiger partial charge < -0.3 is 19.7 Å². The summed E-state index contributed by atoms with van der Waals surface area (Å²) in [7, 11) is -2.60. The van der Waals surface area contributed by atoms with Crippen molar-refractivity contribution < 1.29 is 27.5 Å². The molecule has 0 saturated carbocycles. The Morgan fingerprint density at radius 2 is 1.62 bits per heavy atom. The van der Waals surface area contributed by atoms with Crippen LogP contribution in [0, 0.1) is 0 Å². The van der Waals surface area contributed by atoms with Crippen molar-refractivity contribution in [3.8, 4) is 11.5 Å². The molecule has 0 aliphatic carbocycles. The van der Waals surface area contributed by atoms with Crippen LogP contribution in [0.5, 0.6) is 11.5 Å². The van der Waals surface area contributed by atoms with Gasteiger partial charge in [-0.15, -0.1) is 0 Å². The summed E-state index contributed by atoms with van der Waals surface area (Å²) < 4.78 is 39.5. The van der Waals surface area contributed by atoms with Crippen LogP contribution in [0.2, 0.25) is 0 Å². The Labute approximate surface area is 230 Å². The van der Waals surface area contributed by atoms with Crippen molar-refractivity contribution in [1.29, 1.82) is 0 Å². The lowest BCUT2D eigenvalue weighted by atomic mass is 10.1. The number of hydrogen-bond donors (Lipinski definition) is 1. The fraction of sp³-hybridized carbons (Fsp3) is 0.310. The number of methoxy groups -OCH3 is 1. The molecule has 0 fully saturated rings. The summed E-state index contributed by atoms with van der Waals surface area (Å²) in [6.45, 7) is 5.67. The van der Waals surface area contributed by atoms with Crippen molar-refractivity contribution >= 4 is 27.5 Å². The van der Waals surface area contributed by atoms with Crippen molar-refractivity contribution in [1.82, 2.24) is 10.2 Å². The number of carbonyl (C=O) groups excluding carboxylic acids is 2. The number of anilines is 1. The first-order valence-corrected chi connectivity index (χ1v) is 14.2. The summed E-state index contributed by atoms with van der Waals surface area (Å²) in [4.78, 5) is 28.0. The molecule has 0 heterocycles. The molecule has 3 aromatic carbocycles. The number of ether oxygens (including phenoxy) is 2. The van der Waals surface area contributed by atoms with Crippen LogP contribution >= 0.6 is 0 Å². The largest absolute Gasteiger partial charge is 0.497 e. The van der Waals surface area contributed by atoms with Gasteiger partial charge in [-0.05, 0) is 74.9 Å². The molecular formula is C29H35N3O6S. The first-order chi connectivity index (χ1) is 18.7. The summed E-state index contributed by atoms with van der Waals surface area (Å²) in [6, 6.07) is 20.8. The molecule has 0 unspecified atom stereocenters. The highest BCUT2D eigenvalue weighted by Gasteiger charge is 2.32. The molecule has 9 nitrogen and oxygen atoms in total. The maximum absolute atomic E-state index is 13.8. The zero-order valence-electron chi connectivity index (χ0n) is 22.7. The van der Waals surface area contributed by atoms with Gasteiger partial charge >= 0.3 is 0 Å². The van der Waals surface area contributed by atoms with E-state index in [9.17, 15) is 18.0 Å². The SMILES string of the molecule is CCNC(=O)[C@@H](C)N(Cc1cccc(OC)c1)C(=O)CN(c1ccccc1)S(=O)(=O)c1ccc(OCC)cc1. The Hall–Kier alpha value is -4.05. The molecule has 1 N–H and O–H groups in total. The van der Waals surface area contributed by atoms with Crippen LogP contribution < -0.4 is 19.1 Å². The fourth-order valence-corrected chi connectivity index (χ4v) is 5.41. The number of nitrogens with zero attached hydrogens (tertiary/aromatic N) is 2. The van der Waals surface area contributed by atoms with E-state index in [1.54, 1.807) is 81.6 Å². The van der Waals surface area contributed by atoms with Gasteiger partial charge in [0.15, 0.2) is 0 Å². The predicted molar refractivity (Wildman–Crippen MR) is 150 cm³/mol. The lowest BCUT2D eigenvalue weighted by molar-refractivity contribution is -0.139. The number of carbonyl (C=O) groups is 2. The molecule has 208 valence electrons. The zero-order valence-corrected chi connectivity index (χ0v) is 23.5. The molecule has 0 saturated heterocycles. The molecule has 39 heavy (non-hydrogen) atoms. The van der Waals surface area contributed by atoms with Crippen molar-refractivity contribution in [2.45, 2.75) is 38.3 Å². The first-order valence-electron chi connectivity index (χ1n) is 12.7. The van der Waals surface area contributed by atoms with Crippen LogP contribution in [0.1, 0.15) is 26.3 Å². The molecule has 3 rings (SSSR count). The molecule has 0 radical (unpaired) electrons. The maximum Gasteiger partial charge on any atom is 0.264 e. The molecule has 1 atom stereocenters. The van der Waals surface area contributed by atoms with Crippen molar-refractivity contribution in [3.05, 3.63) is 84.4 Å². The standard InChI is InChI=1S/C29H35N3O6S/c1-5-30-29(34)22(3)31(20-23-11-10-14-26(19-23)37-4)28(33)21-32(24-12-8-7-9-13-24)39(35,36)27-17-15-25(16-18-27)38-6-2/h7-19,22H,5-6,20-21H2,1-4H3,(H,30,34)/t22-/m1/s1. The second kappa shape index (κ2) is 13.7. The van der Waals surface area contributed by atoms with Crippen molar-refractivity contribution in [3.63, 3.8) is 0 Å². The molecule has 0 aliphatic rings. The van der Waals surface area contributed by atoms with E-state index in [4.69, 9.17) is 9.47 Å². The Bertz CT molecular complexity index is 1350. The Morgan fingerprint density at radius 3 is 2.23 bits per heavy atom. The Morgan fingerprint density at radius 1 is 0.923 bits per heavy atom. The van der Waals surface area contributed by atoms with E-state index in [2.05, 4.69) is 5.32 Å². The lowest BCUT2D eigenvalue weighted by Crippen LogP contribution is -2.51. The van der Waals surface area contributed by atoms with Crippen LogP contribution in [0.15, 0.2) is 83.8 Å². The molecule has 10 heteroatoms.